The molecule has 0 heterocycles. The fourth-order valence-corrected chi connectivity index (χ4v) is 3.57. The summed E-state index contributed by atoms with van der Waals surface area (Å²) in [4.78, 5) is 2.17. The largest absolute Gasteiger partial charge is 0.496 e. The summed E-state index contributed by atoms with van der Waals surface area (Å²) in [5.74, 6) is 0.901. The molecule has 4 aromatic rings. The molecule has 0 amide bonds. The van der Waals surface area contributed by atoms with Crippen molar-refractivity contribution < 1.29 is 4.74 Å². The molecule has 0 aromatic heterocycles. The van der Waals surface area contributed by atoms with Crippen LogP contribution in [0.4, 0.5) is 5.69 Å². The molecule has 0 radical (unpaired) electrons. The second-order valence-corrected chi connectivity index (χ2v) is 6.44. The Morgan fingerprint density at radius 1 is 0.640 bits per heavy atom. The summed E-state index contributed by atoms with van der Waals surface area (Å²) in [6.45, 7) is 0. The summed E-state index contributed by atoms with van der Waals surface area (Å²) >= 11 is 0. The van der Waals surface area contributed by atoms with Gasteiger partial charge in [-0.1, -0.05) is 60.7 Å². The van der Waals surface area contributed by atoms with E-state index in [1.807, 2.05) is 0 Å². The van der Waals surface area contributed by atoms with E-state index in [-0.39, 0.29) is 0 Å². The smallest absolute Gasteiger partial charge is 0.127 e. The van der Waals surface area contributed by atoms with Gasteiger partial charge in [0.2, 0.25) is 0 Å². The molecule has 0 N–H and O–H groups in total. The minimum absolute atomic E-state index is 0.901. The minimum atomic E-state index is 0.901. The van der Waals surface area contributed by atoms with Crippen molar-refractivity contribution in [1.29, 1.82) is 0 Å². The van der Waals surface area contributed by atoms with Crippen LogP contribution in [0.5, 0.6) is 5.75 Å². The normalized spacial score (nSPS) is 11.0. The lowest BCUT2D eigenvalue weighted by Gasteiger charge is -2.22. The lowest BCUT2D eigenvalue weighted by Crippen LogP contribution is -2.10. The van der Waals surface area contributed by atoms with Crippen LogP contribution in [0, 0.1) is 0 Å². The highest BCUT2D eigenvalue weighted by molar-refractivity contribution is 6.11. The van der Waals surface area contributed by atoms with Gasteiger partial charge in [0.15, 0.2) is 0 Å². The van der Waals surface area contributed by atoms with Crippen LogP contribution in [0.25, 0.3) is 32.7 Å². The Bertz CT molecular complexity index is 1070. The Kier molecular flexibility index (Phi) is 3.81. The van der Waals surface area contributed by atoms with E-state index >= 15 is 0 Å². The quantitative estimate of drug-likeness (QED) is 0.476. The molecule has 0 saturated heterocycles. The number of rotatable bonds is 3. The average Bonchev–Trinajstić information content (AvgIpc) is 2.66. The first kappa shape index (κ1) is 15.5. The molecule has 0 fully saturated rings. The molecule has 0 aliphatic rings. The number of methoxy groups -OCH3 is 1. The van der Waals surface area contributed by atoms with Crippen molar-refractivity contribution in [3.05, 3.63) is 72.8 Å². The van der Waals surface area contributed by atoms with E-state index in [0.29, 0.717) is 0 Å². The van der Waals surface area contributed by atoms with Crippen LogP contribution in [0.3, 0.4) is 0 Å². The summed E-state index contributed by atoms with van der Waals surface area (Å²) in [6.07, 6.45) is 0. The molecule has 0 aliphatic carbocycles. The molecule has 0 atom stereocenters. The van der Waals surface area contributed by atoms with Gasteiger partial charge in [0.05, 0.1) is 7.11 Å². The highest BCUT2D eigenvalue weighted by Crippen LogP contribution is 2.44. The SMILES string of the molecule is COc1ccc2ccccc2c1-c1c(N(C)C)ccc2ccccc12. The Morgan fingerprint density at radius 2 is 1.20 bits per heavy atom. The van der Waals surface area contributed by atoms with Crippen LogP contribution in [-0.4, -0.2) is 21.2 Å². The molecule has 4 rings (SSSR count). The molecule has 0 spiro atoms. The van der Waals surface area contributed by atoms with Crippen LogP contribution in [0.15, 0.2) is 72.8 Å². The number of nitrogens with zero attached hydrogens (tertiary/aromatic N) is 1. The van der Waals surface area contributed by atoms with E-state index in [9.17, 15) is 0 Å². The van der Waals surface area contributed by atoms with Crippen LogP contribution >= 0.6 is 0 Å². The van der Waals surface area contributed by atoms with Gasteiger partial charge in [-0.15, -0.1) is 0 Å². The number of hydrogen-bond acceptors (Lipinski definition) is 2. The van der Waals surface area contributed by atoms with E-state index in [0.717, 1.165) is 11.3 Å². The van der Waals surface area contributed by atoms with Gasteiger partial charge in [0.1, 0.15) is 5.75 Å². The van der Waals surface area contributed by atoms with Crippen LogP contribution in [-0.2, 0) is 0 Å². The van der Waals surface area contributed by atoms with Gasteiger partial charge in [0, 0.05) is 30.9 Å². The zero-order chi connectivity index (χ0) is 17.4. The van der Waals surface area contributed by atoms with E-state index in [2.05, 4.69) is 91.8 Å². The molecule has 25 heavy (non-hydrogen) atoms. The lowest BCUT2D eigenvalue weighted by molar-refractivity contribution is 0.417. The maximum absolute atomic E-state index is 5.77. The third-order valence-corrected chi connectivity index (χ3v) is 4.75. The van der Waals surface area contributed by atoms with Crippen LogP contribution in [0.2, 0.25) is 0 Å². The molecule has 0 unspecified atom stereocenters. The Morgan fingerprint density at radius 3 is 1.80 bits per heavy atom. The monoisotopic (exact) mass is 327 g/mol. The van der Waals surface area contributed by atoms with Gasteiger partial charge in [0.25, 0.3) is 0 Å². The number of ether oxygens (including phenoxy) is 1. The third kappa shape index (κ3) is 2.51. The number of benzene rings is 4. The van der Waals surface area contributed by atoms with Gasteiger partial charge in [-0.25, -0.2) is 0 Å². The minimum Gasteiger partial charge on any atom is -0.496 e. The first-order valence-electron chi connectivity index (χ1n) is 8.46. The van der Waals surface area contributed by atoms with Gasteiger partial charge in [-0.3, -0.25) is 0 Å². The van der Waals surface area contributed by atoms with E-state index in [1.165, 1.54) is 32.8 Å². The fraction of sp³-hybridized carbons (Fsp3) is 0.130. The zero-order valence-corrected chi connectivity index (χ0v) is 14.8. The summed E-state index contributed by atoms with van der Waals surface area (Å²) in [5, 5.41) is 4.90. The molecule has 2 heteroatoms. The highest BCUT2D eigenvalue weighted by atomic mass is 16.5. The van der Waals surface area contributed by atoms with Crippen molar-refractivity contribution in [1.82, 2.24) is 0 Å². The van der Waals surface area contributed by atoms with Gasteiger partial charge in [-0.2, -0.15) is 0 Å². The van der Waals surface area contributed by atoms with E-state index in [1.54, 1.807) is 7.11 Å². The molecule has 4 aromatic carbocycles. The standard InChI is InChI=1S/C23H21NO/c1-24(2)20-14-12-16-8-4-6-10-18(16)22(20)23-19-11-7-5-9-17(19)13-15-21(23)25-3/h4-15H,1-3H3. The average molecular weight is 327 g/mol. The number of hydrogen-bond donors (Lipinski definition) is 0. The molecule has 0 aliphatic heterocycles. The zero-order valence-electron chi connectivity index (χ0n) is 14.8. The molecule has 0 saturated carbocycles. The second kappa shape index (κ2) is 6.14. The fourth-order valence-electron chi connectivity index (χ4n) is 3.57. The summed E-state index contributed by atoms with van der Waals surface area (Å²) < 4.78 is 5.77. The molecule has 2 nitrogen and oxygen atoms in total. The predicted molar refractivity (Wildman–Crippen MR) is 108 cm³/mol. The Balaban J connectivity index is 2.22. The van der Waals surface area contributed by atoms with Crippen LogP contribution < -0.4 is 9.64 Å². The number of anilines is 1. The Hall–Kier alpha value is -3.00. The molecule has 0 bridgehead atoms. The first-order chi connectivity index (χ1) is 12.2. The van der Waals surface area contributed by atoms with Gasteiger partial charge >= 0.3 is 0 Å². The molecular weight excluding hydrogens is 306 g/mol. The third-order valence-electron chi connectivity index (χ3n) is 4.75. The Labute approximate surface area is 148 Å². The maximum atomic E-state index is 5.77. The molecular formula is C23H21NO. The van der Waals surface area contributed by atoms with Crippen molar-refractivity contribution in [2.75, 3.05) is 26.1 Å². The van der Waals surface area contributed by atoms with Crippen molar-refractivity contribution >= 4 is 27.2 Å². The predicted octanol–water partition coefficient (Wildman–Crippen LogP) is 5.73. The van der Waals surface area contributed by atoms with E-state index < -0.39 is 0 Å². The van der Waals surface area contributed by atoms with Crippen molar-refractivity contribution in [3.63, 3.8) is 0 Å². The maximum Gasteiger partial charge on any atom is 0.127 e. The highest BCUT2D eigenvalue weighted by Gasteiger charge is 2.18. The topological polar surface area (TPSA) is 12.5 Å². The van der Waals surface area contributed by atoms with E-state index in [4.69, 9.17) is 4.74 Å². The summed E-state index contributed by atoms with van der Waals surface area (Å²) in [7, 11) is 5.92. The summed E-state index contributed by atoms with van der Waals surface area (Å²) in [5.41, 5.74) is 3.56. The van der Waals surface area contributed by atoms with Crippen molar-refractivity contribution in [2.24, 2.45) is 0 Å². The van der Waals surface area contributed by atoms with Gasteiger partial charge in [-0.05, 0) is 33.7 Å². The van der Waals surface area contributed by atoms with Crippen molar-refractivity contribution in [3.8, 4) is 16.9 Å². The number of fused-ring (bicyclic) bond motifs is 2. The first-order valence-corrected chi connectivity index (χ1v) is 8.46. The lowest BCUT2D eigenvalue weighted by atomic mass is 9.91. The second-order valence-electron chi connectivity index (χ2n) is 6.44. The van der Waals surface area contributed by atoms with Crippen LogP contribution in [0.1, 0.15) is 0 Å². The van der Waals surface area contributed by atoms with Crippen molar-refractivity contribution in [2.45, 2.75) is 0 Å². The van der Waals surface area contributed by atoms with Gasteiger partial charge < -0.3 is 9.64 Å². The summed E-state index contributed by atoms with van der Waals surface area (Å²) in [6, 6.07) is 25.6. The molecule has 124 valence electrons.